The topological polar surface area (TPSA) is 26.3 Å². The molecular formula is C12H17O2S+. The molecule has 2 nitrogen and oxygen atoms in total. The van der Waals surface area contributed by atoms with E-state index in [4.69, 9.17) is 4.74 Å². The van der Waals surface area contributed by atoms with Gasteiger partial charge in [0, 0.05) is 5.56 Å². The average Bonchev–Trinajstić information content (AvgIpc) is 2.18. The molecule has 3 heteroatoms. The van der Waals surface area contributed by atoms with Crippen LogP contribution in [-0.2, 0) is 21.4 Å². The van der Waals surface area contributed by atoms with E-state index in [1.54, 1.807) is 0 Å². The Hall–Kier alpha value is -0.960. The van der Waals surface area contributed by atoms with Gasteiger partial charge in [-0.15, -0.1) is 0 Å². The van der Waals surface area contributed by atoms with Gasteiger partial charge in [-0.05, 0) is 30.0 Å². The Morgan fingerprint density at radius 2 is 1.87 bits per heavy atom. The molecule has 0 saturated heterocycles. The molecule has 0 radical (unpaired) electrons. The van der Waals surface area contributed by atoms with E-state index >= 15 is 0 Å². The maximum absolute atomic E-state index is 11.4. The Balaban J connectivity index is 2.67. The van der Waals surface area contributed by atoms with Gasteiger partial charge in [0.2, 0.25) is 0 Å². The van der Waals surface area contributed by atoms with Crippen LogP contribution in [0.1, 0.15) is 22.8 Å². The molecule has 0 amide bonds. The molecule has 0 aliphatic carbocycles. The predicted molar refractivity (Wildman–Crippen MR) is 65.3 cm³/mol. The molecule has 1 rings (SSSR count). The Bertz CT molecular complexity index is 317. The molecule has 0 N–H and O–H groups in total. The highest BCUT2D eigenvalue weighted by Crippen LogP contribution is 2.09. The van der Waals surface area contributed by atoms with E-state index in [0.717, 1.165) is 5.75 Å². The van der Waals surface area contributed by atoms with E-state index < -0.39 is 0 Å². The molecule has 0 saturated carbocycles. The fourth-order valence-corrected chi connectivity index (χ4v) is 2.14. The zero-order valence-electron chi connectivity index (χ0n) is 9.45. The van der Waals surface area contributed by atoms with Crippen LogP contribution in [0.2, 0.25) is 0 Å². The van der Waals surface area contributed by atoms with E-state index in [2.05, 4.69) is 12.5 Å². The first-order valence-electron chi connectivity index (χ1n) is 4.93. The van der Waals surface area contributed by atoms with Crippen LogP contribution in [0.4, 0.5) is 0 Å². The average molecular weight is 225 g/mol. The Morgan fingerprint density at radius 1 is 1.27 bits per heavy atom. The van der Waals surface area contributed by atoms with Crippen LogP contribution in [0.25, 0.3) is 0 Å². The van der Waals surface area contributed by atoms with Gasteiger partial charge in [0.15, 0.2) is 0 Å². The number of hydrogen-bond donors (Lipinski definition) is 0. The van der Waals surface area contributed by atoms with Crippen molar-refractivity contribution in [3.8, 4) is 0 Å². The van der Waals surface area contributed by atoms with Gasteiger partial charge in [0.1, 0.15) is 5.75 Å². The van der Waals surface area contributed by atoms with Crippen LogP contribution in [0, 0.1) is 0 Å². The van der Waals surface area contributed by atoms with Crippen LogP contribution in [0.3, 0.4) is 0 Å². The standard InChI is InChI=1S/C12H17O2S/c1-4-14-12(13)11-7-5-10(6-8-11)9-15(2)3/h5-8H,4,9H2,1-3H3/q+1. The van der Waals surface area contributed by atoms with Crippen molar-refractivity contribution in [2.75, 3.05) is 19.1 Å². The number of carbonyl (C=O) groups excluding carboxylic acids is 1. The van der Waals surface area contributed by atoms with Crippen molar-refractivity contribution in [1.82, 2.24) is 0 Å². The molecule has 0 atom stereocenters. The molecule has 0 aliphatic rings. The van der Waals surface area contributed by atoms with Gasteiger partial charge in [-0.1, -0.05) is 12.1 Å². The summed E-state index contributed by atoms with van der Waals surface area (Å²) < 4.78 is 4.91. The van der Waals surface area contributed by atoms with Gasteiger partial charge >= 0.3 is 5.97 Å². The summed E-state index contributed by atoms with van der Waals surface area (Å²) >= 11 is 0. The van der Waals surface area contributed by atoms with Crippen LogP contribution in [0.15, 0.2) is 24.3 Å². The molecule has 0 aliphatic heterocycles. The monoisotopic (exact) mass is 225 g/mol. The maximum atomic E-state index is 11.4. The fraction of sp³-hybridized carbons (Fsp3) is 0.417. The van der Waals surface area contributed by atoms with E-state index in [9.17, 15) is 4.79 Å². The van der Waals surface area contributed by atoms with Gasteiger partial charge in [-0.25, -0.2) is 4.79 Å². The zero-order chi connectivity index (χ0) is 11.3. The number of hydrogen-bond acceptors (Lipinski definition) is 2. The molecular weight excluding hydrogens is 208 g/mol. The lowest BCUT2D eigenvalue weighted by Crippen LogP contribution is -2.05. The first kappa shape index (κ1) is 12.1. The van der Waals surface area contributed by atoms with Crippen molar-refractivity contribution in [3.63, 3.8) is 0 Å². The summed E-state index contributed by atoms with van der Waals surface area (Å²) in [5.74, 6) is 0.833. The summed E-state index contributed by atoms with van der Waals surface area (Å²) in [6, 6.07) is 7.67. The second kappa shape index (κ2) is 5.81. The lowest BCUT2D eigenvalue weighted by atomic mass is 10.1. The number of carbonyl (C=O) groups is 1. The predicted octanol–water partition coefficient (Wildman–Crippen LogP) is 2.24. The molecule has 0 spiro atoms. The lowest BCUT2D eigenvalue weighted by Gasteiger charge is -2.02. The third-order valence-corrected chi connectivity index (χ3v) is 2.83. The largest absolute Gasteiger partial charge is 0.462 e. The molecule has 0 aromatic heterocycles. The molecule has 1 aromatic rings. The third-order valence-electron chi connectivity index (χ3n) is 1.92. The van der Waals surface area contributed by atoms with Crippen molar-refractivity contribution >= 4 is 16.9 Å². The first-order chi connectivity index (χ1) is 7.13. The summed E-state index contributed by atoms with van der Waals surface area (Å²) in [7, 11) is 0.397. The van der Waals surface area contributed by atoms with Gasteiger partial charge in [-0.2, -0.15) is 0 Å². The molecule has 1 aromatic carbocycles. The highest BCUT2D eigenvalue weighted by molar-refractivity contribution is 7.94. The second-order valence-corrected chi connectivity index (χ2v) is 5.81. The minimum Gasteiger partial charge on any atom is -0.462 e. The van der Waals surface area contributed by atoms with Crippen LogP contribution < -0.4 is 0 Å². The smallest absolute Gasteiger partial charge is 0.338 e. The van der Waals surface area contributed by atoms with Gasteiger partial charge in [-0.3, -0.25) is 0 Å². The fourth-order valence-electron chi connectivity index (χ4n) is 1.28. The molecule has 0 bridgehead atoms. The molecule has 0 unspecified atom stereocenters. The minimum absolute atomic E-state index is 0.240. The number of ether oxygens (including phenoxy) is 1. The van der Waals surface area contributed by atoms with Crippen molar-refractivity contribution in [1.29, 1.82) is 0 Å². The van der Waals surface area contributed by atoms with E-state index in [1.165, 1.54) is 5.56 Å². The summed E-state index contributed by atoms with van der Waals surface area (Å²) in [5, 5.41) is 0. The summed E-state index contributed by atoms with van der Waals surface area (Å²) in [5.41, 5.74) is 1.91. The van der Waals surface area contributed by atoms with E-state index in [-0.39, 0.29) is 5.97 Å². The Labute approximate surface area is 94.0 Å². The number of rotatable bonds is 4. The zero-order valence-corrected chi connectivity index (χ0v) is 10.3. The van der Waals surface area contributed by atoms with Crippen LogP contribution in [0.5, 0.6) is 0 Å². The van der Waals surface area contributed by atoms with Crippen molar-refractivity contribution in [2.45, 2.75) is 12.7 Å². The van der Waals surface area contributed by atoms with E-state index in [1.807, 2.05) is 31.2 Å². The van der Waals surface area contributed by atoms with Crippen LogP contribution in [-0.4, -0.2) is 25.1 Å². The van der Waals surface area contributed by atoms with Gasteiger partial charge in [0.25, 0.3) is 0 Å². The molecule has 0 fully saturated rings. The summed E-state index contributed by atoms with van der Waals surface area (Å²) in [6.07, 6.45) is 4.42. The van der Waals surface area contributed by atoms with Crippen LogP contribution >= 0.6 is 0 Å². The number of esters is 1. The highest BCUT2D eigenvalue weighted by atomic mass is 32.2. The van der Waals surface area contributed by atoms with Crippen molar-refractivity contribution in [2.24, 2.45) is 0 Å². The van der Waals surface area contributed by atoms with Gasteiger partial charge in [0.05, 0.1) is 24.7 Å². The quantitative estimate of drug-likeness (QED) is 0.580. The van der Waals surface area contributed by atoms with Gasteiger partial charge < -0.3 is 4.74 Å². The minimum atomic E-state index is -0.240. The molecule has 15 heavy (non-hydrogen) atoms. The molecule has 0 heterocycles. The van der Waals surface area contributed by atoms with Crippen molar-refractivity contribution < 1.29 is 9.53 Å². The lowest BCUT2D eigenvalue weighted by molar-refractivity contribution is 0.0526. The van der Waals surface area contributed by atoms with E-state index in [0.29, 0.717) is 23.1 Å². The van der Waals surface area contributed by atoms with Crippen molar-refractivity contribution in [3.05, 3.63) is 35.4 Å². The Kier molecular flexibility index (Phi) is 4.69. The normalized spacial score (nSPS) is 10.4. The summed E-state index contributed by atoms with van der Waals surface area (Å²) in [6.45, 7) is 2.24. The second-order valence-electron chi connectivity index (χ2n) is 3.55. The SMILES string of the molecule is CCOC(=O)c1ccc(C[S+](C)C)cc1. The maximum Gasteiger partial charge on any atom is 0.338 e. The molecule has 82 valence electrons. The third kappa shape index (κ3) is 3.96. The first-order valence-corrected chi connectivity index (χ1v) is 7.14. The summed E-state index contributed by atoms with van der Waals surface area (Å²) in [4.78, 5) is 11.4. The highest BCUT2D eigenvalue weighted by Gasteiger charge is 2.08. The Morgan fingerprint density at radius 3 is 2.33 bits per heavy atom. The number of benzene rings is 1.